The lowest BCUT2D eigenvalue weighted by molar-refractivity contribution is -0.147. The Bertz CT molecular complexity index is 917. The van der Waals surface area contributed by atoms with Crippen molar-refractivity contribution in [2.24, 2.45) is 23.2 Å². The molecule has 33 heavy (non-hydrogen) atoms. The molecule has 3 heterocycles. The number of carbonyl (C=O) groups excluding carboxylic acids is 1. The van der Waals surface area contributed by atoms with Crippen LogP contribution in [-0.4, -0.2) is 68.5 Å². The zero-order chi connectivity index (χ0) is 22.8. The summed E-state index contributed by atoms with van der Waals surface area (Å²) in [7, 11) is 1.72. The number of methoxy groups -OCH3 is 1. The first kappa shape index (κ1) is 21.7. The maximum atomic E-state index is 13.0. The van der Waals surface area contributed by atoms with Crippen molar-refractivity contribution in [3.63, 3.8) is 0 Å². The second kappa shape index (κ2) is 7.88. The van der Waals surface area contributed by atoms with Crippen LogP contribution >= 0.6 is 0 Å². The molecule has 0 amide bonds. The van der Waals surface area contributed by atoms with Crippen LogP contribution in [0.1, 0.15) is 46.0 Å². The number of carbonyl (C=O) groups is 1. The molecule has 6 nitrogen and oxygen atoms in total. The fourth-order valence-corrected chi connectivity index (χ4v) is 7.82. The third-order valence-electron chi connectivity index (χ3n) is 9.63. The Balaban J connectivity index is 1.13. The van der Waals surface area contributed by atoms with Crippen molar-refractivity contribution in [1.29, 1.82) is 0 Å². The highest BCUT2D eigenvalue weighted by Gasteiger charge is 2.65. The van der Waals surface area contributed by atoms with Gasteiger partial charge in [0, 0.05) is 49.9 Å². The number of piperazine rings is 1. The molecule has 7 atom stereocenters. The molecule has 180 valence electrons. The van der Waals surface area contributed by atoms with Gasteiger partial charge in [0.2, 0.25) is 0 Å². The van der Waals surface area contributed by atoms with Gasteiger partial charge in [-0.15, -0.1) is 0 Å². The van der Waals surface area contributed by atoms with E-state index in [2.05, 4.69) is 41.8 Å². The first-order valence-corrected chi connectivity index (χ1v) is 12.9. The van der Waals surface area contributed by atoms with Crippen molar-refractivity contribution in [2.75, 3.05) is 44.8 Å². The summed E-state index contributed by atoms with van der Waals surface area (Å²) >= 11 is 0. The number of fused-ring (bicyclic) bond motifs is 3. The molecule has 1 spiro atoms. The minimum atomic E-state index is 0.00726. The summed E-state index contributed by atoms with van der Waals surface area (Å²) in [6.07, 6.45) is 5.92. The van der Waals surface area contributed by atoms with Gasteiger partial charge in [0.05, 0.1) is 25.2 Å². The molecule has 0 aromatic heterocycles. The van der Waals surface area contributed by atoms with E-state index in [1.807, 2.05) is 6.07 Å². The molecule has 6 rings (SSSR count). The quantitative estimate of drug-likeness (QED) is 0.510. The molecular weight excluding hydrogens is 416 g/mol. The lowest BCUT2D eigenvalue weighted by atomic mass is 9.53. The molecule has 5 aliphatic rings. The minimum Gasteiger partial charge on any atom is -0.497 e. The predicted molar refractivity (Wildman–Crippen MR) is 126 cm³/mol. The SMILES string of the molecule is COc1cccc(N2CCN(C[C@@H]3C(=O)O[C@@H]4C[C@@]5(C)CCC[C@]6(CO6)[C@@H]5C[C@H]34)C[C@H]2C)c1. The zero-order valence-corrected chi connectivity index (χ0v) is 20.3. The fourth-order valence-electron chi connectivity index (χ4n) is 7.82. The highest BCUT2D eigenvalue weighted by Crippen LogP contribution is 2.62. The molecule has 5 fully saturated rings. The largest absolute Gasteiger partial charge is 0.497 e. The van der Waals surface area contributed by atoms with Gasteiger partial charge < -0.3 is 19.1 Å². The van der Waals surface area contributed by atoms with E-state index in [1.54, 1.807) is 7.11 Å². The number of hydrogen-bond acceptors (Lipinski definition) is 6. The third kappa shape index (κ3) is 3.65. The summed E-state index contributed by atoms with van der Waals surface area (Å²) in [6, 6.07) is 8.71. The van der Waals surface area contributed by atoms with Gasteiger partial charge >= 0.3 is 5.97 Å². The van der Waals surface area contributed by atoms with E-state index in [0.29, 0.717) is 17.9 Å². The highest BCUT2D eigenvalue weighted by atomic mass is 16.6. The van der Waals surface area contributed by atoms with Gasteiger partial charge in [0.1, 0.15) is 11.9 Å². The number of anilines is 1. The summed E-state index contributed by atoms with van der Waals surface area (Å²) in [5.74, 6) is 1.88. The zero-order valence-electron chi connectivity index (χ0n) is 20.3. The molecule has 0 unspecified atom stereocenters. The van der Waals surface area contributed by atoms with Crippen LogP contribution in [0.4, 0.5) is 5.69 Å². The van der Waals surface area contributed by atoms with Crippen LogP contribution in [0.3, 0.4) is 0 Å². The Morgan fingerprint density at radius 2 is 2.09 bits per heavy atom. The van der Waals surface area contributed by atoms with Crippen molar-refractivity contribution in [3.05, 3.63) is 24.3 Å². The van der Waals surface area contributed by atoms with Crippen molar-refractivity contribution in [3.8, 4) is 5.75 Å². The molecule has 3 aliphatic heterocycles. The molecule has 2 aliphatic carbocycles. The van der Waals surface area contributed by atoms with E-state index in [1.165, 1.54) is 24.9 Å². The van der Waals surface area contributed by atoms with Crippen LogP contribution in [0.15, 0.2) is 24.3 Å². The lowest BCUT2D eigenvalue weighted by Crippen LogP contribution is -2.54. The molecule has 6 heteroatoms. The number of hydrogen-bond donors (Lipinski definition) is 0. The average Bonchev–Trinajstić information content (AvgIpc) is 3.50. The monoisotopic (exact) mass is 454 g/mol. The summed E-state index contributed by atoms with van der Waals surface area (Å²) in [4.78, 5) is 18.0. The van der Waals surface area contributed by atoms with E-state index in [0.717, 1.165) is 51.4 Å². The molecular formula is C27H38N2O4. The van der Waals surface area contributed by atoms with E-state index in [-0.39, 0.29) is 29.0 Å². The molecule has 2 saturated carbocycles. The Morgan fingerprint density at radius 3 is 2.85 bits per heavy atom. The van der Waals surface area contributed by atoms with E-state index >= 15 is 0 Å². The number of ether oxygens (including phenoxy) is 3. The summed E-state index contributed by atoms with van der Waals surface area (Å²) in [5.41, 5.74) is 1.59. The Hall–Kier alpha value is -1.79. The van der Waals surface area contributed by atoms with Gasteiger partial charge in [-0.3, -0.25) is 9.69 Å². The van der Waals surface area contributed by atoms with Crippen LogP contribution in [-0.2, 0) is 14.3 Å². The second-order valence-electron chi connectivity index (χ2n) is 11.6. The van der Waals surface area contributed by atoms with Gasteiger partial charge in [-0.1, -0.05) is 13.0 Å². The number of benzene rings is 1. The number of epoxide rings is 1. The van der Waals surface area contributed by atoms with Crippen LogP contribution in [0.2, 0.25) is 0 Å². The standard InChI is InChI=1S/C27H38N2O4/c1-18-15-28(10-11-29(18)19-6-4-7-20(12-19)31-3)16-22-21-13-24-26(2,14-23(21)33-25(22)30)8-5-9-27(24)17-32-27/h4,6-7,12,18,21-24H,5,8-11,13-17H2,1-3H3/t18-,21-,22+,23-,24-,26-,27+/m1/s1. The van der Waals surface area contributed by atoms with Gasteiger partial charge in [-0.05, 0) is 62.5 Å². The van der Waals surface area contributed by atoms with Crippen molar-refractivity contribution < 1.29 is 19.0 Å². The smallest absolute Gasteiger partial charge is 0.310 e. The summed E-state index contributed by atoms with van der Waals surface area (Å²) < 4.78 is 17.5. The topological polar surface area (TPSA) is 54.5 Å². The highest BCUT2D eigenvalue weighted by molar-refractivity contribution is 5.75. The van der Waals surface area contributed by atoms with Crippen molar-refractivity contribution >= 4 is 11.7 Å². The van der Waals surface area contributed by atoms with Crippen molar-refractivity contribution in [2.45, 2.75) is 63.7 Å². The summed E-state index contributed by atoms with van der Waals surface area (Å²) in [6.45, 7) is 9.35. The number of nitrogens with zero attached hydrogens (tertiary/aromatic N) is 2. The molecule has 1 aromatic carbocycles. The fraction of sp³-hybridized carbons (Fsp3) is 0.741. The lowest BCUT2D eigenvalue weighted by Gasteiger charge is -2.51. The number of esters is 1. The van der Waals surface area contributed by atoms with Gasteiger partial charge in [-0.2, -0.15) is 0 Å². The molecule has 0 radical (unpaired) electrons. The Labute approximate surface area is 197 Å². The number of rotatable bonds is 4. The third-order valence-corrected chi connectivity index (χ3v) is 9.63. The van der Waals surface area contributed by atoms with E-state index in [9.17, 15) is 4.79 Å². The minimum absolute atomic E-state index is 0.00726. The molecule has 0 bridgehead atoms. The van der Waals surface area contributed by atoms with Crippen LogP contribution in [0, 0.1) is 23.2 Å². The Morgan fingerprint density at radius 1 is 1.24 bits per heavy atom. The van der Waals surface area contributed by atoms with Crippen LogP contribution in [0.5, 0.6) is 5.75 Å². The van der Waals surface area contributed by atoms with Crippen LogP contribution < -0.4 is 9.64 Å². The Kier molecular flexibility index (Phi) is 5.18. The summed E-state index contributed by atoms with van der Waals surface area (Å²) in [5, 5.41) is 0. The first-order chi connectivity index (χ1) is 15.9. The second-order valence-corrected chi connectivity index (χ2v) is 11.6. The van der Waals surface area contributed by atoms with Crippen LogP contribution in [0.25, 0.3) is 0 Å². The molecule has 0 N–H and O–H groups in total. The maximum absolute atomic E-state index is 13.0. The first-order valence-electron chi connectivity index (χ1n) is 12.9. The molecule has 3 saturated heterocycles. The van der Waals surface area contributed by atoms with Gasteiger partial charge in [0.15, 0.2) is 0 Å². The van der Waals surface area contributed by atoms with E-state index in [4.69, 9.17) is 14.2 Å². The maximum Gasteiger partial charge on any atom is 0.310 e. The van der Waals surface area contributed by atoms with Gasteiger partial charge in [-0.25, -0.2) is 0 Å². The molecule has 1 aromatic rings. The predicted octanol–water partition coefficient (Wildman–Crippen LogP) is 3.73. The van der Waals surface area contributed by atoms with Gasteiger partial charge in [0.25, 0.3) is 0 Å². The van der Waals surface area contributed by atoms with E-state index < -0.39 is 0 Å². The normalized spacial score (nSPS) is 42.6. The van der Waals surface area contributed by atoms with Crippen molar-refractivity contribution in [1.82, 2.24) is 4.90 Å². The average molecular weight is 455 g/mol.